The van der Waals surface area contributed by atoms with Crippen molar-refractivity contribution in [3.05, 3.63) is 0 Å². The van der Waals surface area contributed by atoms with Gasteiger partial charge in [0.2, 0.25) is 23.6 Å². The number of carbonyl (C=O) groups is 5. The molecule has 0 rings (SSSR count). The molecule has 0 unspecified atom stereocenters. The molecule has 0 aliphatic heterocycles. The predicted molar refractivity (Wildman–Crippen MR) is 139 cm³/mol. The highest BCUT2D eigenvalue weighted by Gasteiger charge is 2.25. The topological polar surface area (TPSA) is 309 Å². The molecule has 3 atom stereocenters. The first-order valence-electron chi connectivity index (χ1n) is 11.2. The number of rotatable bonds is 18. The summed E-state index contributed by atoms with van der Waals surface area (Å²) in [5.74, 6) is -4.36. The van der Waals surface area contributed by atoms with Gasteiger partial charge in [-0.25, -0.2) is 4.79 Å². The number of aliphatic imine (C=N–C) groups is 2. The second-order valence-corrected chi connectivity index (χ2v) is 8.07. The molecule has 0 radical (unpaired) electrons. The quantitative estimate of drug-likeness (QED) is 0.0333. The van der Waals surface area contributed by atoms with Gasteiger partial charge in [-0.3, -0.25) is 29.2 Å². The smallest absolute Gasteiger partial charge is 0.326 e. The third kappa shape index (κ3) is 16.5. The van der Waals surface area contributed by atoms with Crippen LogP contribution in [-0.2, 0) is 24.0 Å². The van der Waals surface area contributed by atoms with E-state index in [1.165, 1.54) is 0 Å². The minimum absolute atomic E-state index is 0.0484. The van der Waals surface area contributed by atoms with Crippen molar-refractivity contribution in [3.63, 3.8) is 0 Å². The number of aliphatic carboxylic acids is 1. The molecule has 0 aromatic carbocycles. The van der Waals surface area contributed by atoms with Gasteiger partial charge in [0, 0.05) is 18.8 Å². The molecule has 0 bridgehead atoms. The fourth-order valence-corrected chi connectivity index (χ4v) is 2.92. The highest BCUT2D eigenvalue weighted by Crippen LogP contribution is 2.00. The molecule has 15 N–H and O–H groups in total. The van der Waals surface area contributed by atoms with Crippen LogP contribution in [0.2, 0.25) is 0 Å². The van der Waals surface area contributed by atoms with Crippen molar-refractivity contribution in [2.24, 2.45) is 38.7 Å². The Morgan fingerprint density at radius 1 is 0.757 bits per heavy atom. The van der Waals surface area contributed by atoms with Crippen molar-refractivity contribution in [1.82, 2.24) is 21.3 Å². The molecule has 18 heteroatoms. The summed E-state index contributed by atoms with van der Waals surface area (Å²) in [6.07, 6.45) is 1.09. The molecule has 0 heterocycles. The molecule has 0 saturated heterocycles. The molecule has 0 saturated carbocycles. The van der Waals surface area contributed by atoms with Crippen molar-refractivity contribution in [2.45, 2.75) is 43.8 Å². The third-order valence-corrected chi connectivity index (χ3v) is 4.93. The molecule has 4 amide bonds. The van der Waals surface area contributed by atoms with Gasteiger partial charge in [-0.15, -0.1) is 0 Å². The minimum Gasteiger partial charge on any atom is -0.480 e. The van der Waals surface area contributed by atoms with E-state index in [-0.39, 0.29) is 30.6 Å². The van der Waals surface area contributed by atoms with E-state index in [4.69, 9.17) is 28.7 Å². The zero-order chi connectivity index (χ0) is 28.4. The van der Waals surface area contributed by atoms with E-state index in [0.717, 1.165) is 0 Å². The standard InChI is InChI=1S/C19H37N11O6S/c20-10(3-1-5-25-18(21)22)15(33)28-7-13(31)27-8-14(32)29-12(9-37)16(34)30-11(17(35)36)4-2-6-26-19(23)24/h10-12,37H,1-9,20H2,(H,27,31)(H,28,33)(H,29,32)(H,30,34)(H,35,36)(H4,21,22,25)(H4,23,24,26)/t10-,11-,12-/m0/s1. The highest BCUT2D eigenvalue weighted by atomic mass is 32.1. The summed E-state index contributed by atoms with van der Waals surface area (Å²) in [5, 5.41) is 18.6. The minimum atomic E-state index is -1.27. The van der Waals surface area contributed by atoms with E-state index >= 15 is 0 Å². The number of nitrogens with zero attached hydrogens (tertiary/aromatic N) is 2. The van der Waals surface area contributed by atoms with Gasteiger partial charge >= 0.3 is 5.97 Å². The zero-order valence-corrected chi connectivity index (χ0v) is 21.2. The van der Waals surface area contributed by atoms with Gasteiger partial charge in [0.05, 0.1) is 19.1 Å². The summed E-state index contributed by atoms with van der Waals surface area (Å²) >= 11 is 4.00. The van der Waals surface area contributed by atoms with Crippen LogP contribution in [-0.4, -0.2) is 96.7 Å². The van der Waals surface area contributed by atoms with Crippen molar-refractivity contribution < 1.29 is 29.1 Å². The van der Waals surface area contributed by atoms with Gasteiger partial charge in [0.1, 0.15) is 12.1 Å². The molecule has 0 aliphatic carbocycles. The number of carbonyl (C=O) groups excluding carboxylic acids is 4. The van der Waals surface area contributed by atoms with Gasteiger partial charge < -0.3 is 55.0 Å². The Kier molecular flexibility index (Phi) is 16.6. The molecule has 0 aromatic rings. The summed E-state index contributed by atoms with van der Waals surface area (Å²) in [7, 11) is 0. The van der Waals surface area contributed by atoms with Crippen LogP contribution >= 0.6 is 12.6 Å². The van der Waals surface area contributed by atoms with Gasteiger partial charge in [0.15, 0.2) is 11.9 Å². The van der Waals surface area contributed by atoms with Crippen molar-refractivity contribution in [3.8, 4) is 0 Å². The Morgan fingerprint density at radius 2 is 1.30 bits per heavy atom. The van der Waals surface area contributed by atoms with Crippen LogP contribution in [0, 0.1) is 0 Å². The van der Waals surface area contributed by atoms with Crippen LogP contribution < -0.4 is 49.9 Å². The highest BCUT2D eigenvalue weighted by molar-refractivity contribution is 7.80. The SMILES string of the molecule is NC(N)=NCCC[C@H](NC(=O)[C@H](CS)NC(=O)CNC(=O)CNC(=O)[C@@H](N)CCCN=C(N)N)C(=O)O. The second-order valence-electron chi connectivity index (χ2n) is 7.70. The number of amides is 4. The Labute approximate surface area is 219 Å². The van der Waals surface area contributed by atoms with Crippen molar-refractivity contribution >= 4 is 54.1 Å². The molecule has 17 nitrogen and oxygen atoms in total. The van der Waals surface area contributed by atoms with E-state index in [1.54, 1.807) is 0 Å². The normalized spacial score (nSPS) is 12.7. The fourth-order valence-electron chi connectivity index (χ4n) is 2.66. The molecule has 210 valence electrons. The number of hydrogen-bond acceptors (Lipinski definition) is 9. The number of nitrogens with one attached hydrogen (secondary N) is 4. The average Bonchev–Trinajstić information content (AvgIpc) is 2.83. The Hall–Kier alpha value is -3.80. The lowest BCUT2D eigenvalue weighted by Crippen LogP contribution is -2.54. The van der Waals surface area contributed by atoms with Crippen LogP contribution in [0.25, 0.3) is 0 Å². The van der Waals surface area contributed by atoms with Crippen molar-refractivity contribution in [2.75, 3.05) is 31.9 Å². The monoisotopic (exact) mass is 547 g/mol. The lowest BCUT2D eigenvalue weighted by molar-refractivity contribution is -0.142. The second kappa shape index (κ2) is 18.5. The Morgan fingerprint density at radius 3 is 1.81 bits per heavy atom. The number of nitrogens with two attached hydrogens (primary N) is 5. The van der Waals surface area contributed by atoms with E-state index in [2.05, 4.69) is 43.9 Å². The summed E-state index contributed by atoms with van der Waals surface area (Å²) in [6, 6.07) is -3.27. The van der Waals surface area contributed by atoms with Crippen molar-refractivity contribution in [1.29, 1.82) is 0 Å². The molecule has 0 aromatic heterocycles. The summed E-state index contributed by atoms with van der Waals surface area (Å²) in [6.45, 7) is -0.442. The molecular formula is C19H37N11O6S. The lowest BCUT2D eigenvalue weighted by atomic mass is 10.1. The first-order valence-corrected chi connectivity index (χ1v) is 11.8. The molecule has 0 aliphatic rings. The van der Waals surface area contributed by atoms with Gasteiger partial charge in [-0.05, 0) is 25.7 Å². The van der Waals surface area contributed by atoms with Gasteiger partial charge in [0.25, 0.3) is 0 Å². The predicted octanol–water partition coefficient (Wildman–Crippen LogP) is -5.36. The van der Waals surface area contributed by atoms with Crippen LogP contribution in [0.5, 0.6) is 0 Å². The molecule has 0 spiro atoms. The number of guanidine groups is 2. The summed E-state index contributed by atoms with van der Waals surface area (Å²) in [5.41, 5.74) is 26.5. The Balaban J connectivity index is 4.47. The molecule has 37 heavy (non-hydrogen) atoms. The van der Waals surface area contributed by atoms with Crippen LogP contribution in [0.15, 0.2) is 9.98 Å². The number of carboxylic acid groups (broad SMARTS) is 1. The number of hydrogen-bond donors (Lipinski definition) is 11. The molecular weight excluding hydrogens is 510 g/mol. The zero-order valence-electron chi connectivity index (χ0n) is 20.3. The number of thiol groups is 1. The van der Waals surface area contributed by atoms with Crippen LogP contribution in [0.4, 0.5) is 0 Å². The first-order chi connectivity index (χ1) is 17.4. The summed E-state index contributed by atoms with van der Waals surface area (Å²) in [4.78, 5) is 67.3. The summed E-state index contributed by atoms with van der Waals surface area (Å²) < 4.78 is 0. The lowest BCUT2D eigenvalue weighted by Gasteiger charge is -2.20. The maximum absolute atomic E-state index is 12.4. The molecule has 0 fully saturated rings. The van der Waals surface area contributed by atoms with Crippen LogP contribution in [0.3, 0.4) is 0 Å². The van der Waals surface area contributed by atoms with E-state index in [9.17, 15) is 29.1 Å². The Bertz CT molecular complexity index is 846. The third-order valence-electron chi connectivity index (χ3n) is 4.57. The first kappa shape index (κ1) is 33.2. The van der Waals surface area contributed by atoms with Gasteiger partial charge in [-0.1, -0.05) is 0 Å². The average molecular weight is 548 g/mol. The largest absolute Gasteiger partial charge is 0.480 e. The fraction of sp³-hybridized carbons (Fsp3) is 0.632. The van der Waals surface area contributed by atoms with Gasteiger partial charge in [-0.2, -0.15) is 12.6 Å². The van der Waals surface area contributed by atoms with E-state index in [0.29, 0.717) is 25.8 Å². The maximum Gasteiger partial charge on any atom is 0.326 e. The van der Waals surface area contributed by atoms with E-state index in [1.807, 2.05) is 0 Å². The maximum atomic E-state index is 12.4. The van der Waals surface area contributed by atoms with Crippen LogP contribution in [0.1, 0.15) is 25.7 Å². The number of carboxylic acids is 1. The van der Waals surface area contributed by atoms with E-state index < -0.39 is 60.8 Å².